The summed E-state index contributed by atoms with van der Waals surface area (Å²) in [5.41, 5.74) is -0.122. The Labute approximate surface area is 114 Å². The van der Waals surface area contributed by atoms with Crippen LogP contribution in [-0.4, -0.2) is 31.9 Å². The number of halogens is 2. The molecule has 0 aliphatic carbocycles. The Hall–Kier alpha value is -1.90. The molecule has 0 saturated heterocycles. The third-order valence-corrected chi connectivity index (χ3v) is 3.53. The van der Waals surface area contributed by atoms with Gasteiger partial charge in [0.15, 0.2) is 0 Å². The first-order chi connectivity index (χ1) is 9.30. The molecule has 0 saturated carbocycles. The zero-order valence-electron chi connectivity index (χ0n) is 10.3. The molecule has 0 bridgehead atoms. The number of benzene rings is 1. The van der Waals surface area contributed by atoms with E-state index in [2.05, 4.69) is 9.46 Å². The summed E-state index contributed by atoms with van der Waals surface area (Å²) < 4.78 is 53.9. The van der Waals surface area contributed by atoms with Crippen LogP contribution in [0.25, 0.3) is 0 Å². The van der Waals surface area contributed by atoms with E-state index in [9.17, 15) is 22.0 Å². The number of sulfonamides is 1. The summed E-state index contributed by atoms with van der Waals surface area (Å²) >= 11 is 0. The van der Waals surface area contributed by atoms with Crippen LogP contribution < -0.4 is 9.46 Å². The van der Waals surface area contributed by atoms with Crippen molar-refractivity contribution in [3.8, 4) is 5.75 Å². The maximum absolute atomic E-state index is 12.2. The van der Waals surface area contributed by atoms with Gasteiger partial charge < -0.3 is 9.84 Å². The Morgan fingerprint density at radius 1 is 1.35 bits per heavy atom. The molecule has 6 nitrogen and oxygen atoms in total. The molecule has 112 valence electrons. The van der Waals surface area contributed by atoms with E-state index in [1.165, 1.54) is 24.3 Å². The molecule has 0 atom stereocenters. The number of carboxylic acid groups (broad SMARTS) is 1. The van der Waals surface area contributed by atoms with E-state index in [1.54, 1.807) is 0 Å². The van der Waals surface area contributed by atoms with E-state index in [0.717, 1.165) is 0 Å². The average molecular weight is 309 g/mol. The molecule has 0 unspecified atom stereocenters. The van der Waals surface area contributed by atoms with Crippen LogP contribution >= 0.6 is 0 Å². The maximum Gasteiger partial charge on any atom is 0.387 e. The van der Waals surface area contributed by atoms with Crippen molar-refractivity contribution in [1.29, 1.82) is 0 Å². The fourth-order valence-electron chi connectivity index (χ4n) is 1.38. The Morgan fingerprint density at radius 2 is 2.00 bits per heavy atom. The molecule has 0 fully saturated rings. The van der Waals surface area contributed by atoms with Crippen LogP contribution in [-0.2, 0) is 14.8 Å². The average Bonchev–Trinajstić information content (AvgIpc) is 2.29. The number of anilines is 1. The van der Waals surface area contributed by atoms with E-state index in [-0.39, 0.29) is 24.3 Å². The predicted molar refractivity (Wildman–Crippen MR) is 67.4 cm³/mol. The van der Waals surface area contributed by atoms with Gasteiger partial charge in [-0.1, -0.05) is 12.1 Å². The van der Waals surface area contributed by atoms with Crippen molar-refractivity contribution in [2.24, 2.45) is 0 Å². The van der Waals surface area contributed by atoms with Gasteiger partial charge in [-0.2, -0.15) is 8.78 Å². The topological polar surface area (TPSA) is 92.7 Å². The summed E-state index contributed by atoms with van der Waals surface area (Å²) in [4.78, 5) is 10.3. The highest BCUT2D eigenvalue weighted by Gasteiger charge is 2.15. The molecule has 0 aromatic heterocycles. The minimum Gasteiger partial charge on any atom is -0.481 e. The van der Waals surface area contributed by atoms with E-state index in [4.69, 9.17) is 5.11 Å². The van der Waals surface area contributed by atoms with Crippen molar-refractivity contribution in [3.63, 3.8) is 0 Å². The van der Waals surface area contributed by atoms with Crippen LogP contribution in [0.1, 0.15) is 12.8 Å². The lowest BCUT2D eigenvalue weighted by Crippen LogP contribution is -2.18. The van der Waals surface area contributed by atoms with Crippen molar-refractivity contribution < 1.29 is 31.8 Å². The van der Waals surface area contributed by atoms with Gasteiger partial charge in [-0.15, -0.1) is 0 Å². The molecule has 20 heavy (non-hydrogen) atoms. The normalized spacial score (nSPS) is 11.3. The van der Waals surface area contributed by atoms with Crippen LogP contribution in [0.3, 0.4) is 0 Å². The molecular formula is C11H13F2NO5S. The summed E-state index contributed by atoms with van der Waals surface area (Å²) in [6, 6.07) is 5.33. The molecule has 0 aliphatic rings. The summed E-state index contributed by atoms with van der Waals surface area (Å²) in [5.74, 6) is -1.84. The van der Waals surface area contributed by atoms with Gasteiger partial charge in [0.05, 0.1) is 11.4 Å². The summed E-state index contributed by atoms with van der Waals surface area (Å²) in [6.07, 6.45) is -0.376. The van der Waals surface area contributed by atoms with Gasteiger partial charge in [0.2, 0.25) is 10.0 Å². The van der Waals surface area contributed by atoms with E-state index in [0.29, 0.717) is 0 Å². The molecule has 1 aromatic carbocycles. The molecule has 1 aromatic rings. The Balaban J connectivity index is 2.74. The molecule has 0 amide bonds. The smallest absolute Gasteiger partial charge is 0.387 e. The largest absolute Gasteiger partial charge is 0.481 e. The SMILES string of the molecule is O=C(O)CCCS(=O)(=O)Nc1ccccc1OC(F)F. The van der Waals surface area contributed by atoms with Gasteiger partial charge in [0.25, 0.3) is 0 Å². The highest BCUT2D eigenvalue weighted by atomic mass is 32.2. The fourth-order valence-corrected chi connectivity index (χ4v) is 2.51. The number of nitrogens with one attached hydrogen (secondary N) is 1. The second-order valence-corrected chi connectivity index (χ2v) is 5.63. The number of para-hydroxylation sites is 2. The molecule has 0 radical (unpaired) electrons. The monoisotopic (exact) mass is 309 g/mol. The van der Waals surface area contributed by atoms with Crippen LogP contribution in [0, 0.1) is 0 Å². The number of hydrogen-bond donors (Lipinski definition) is 2. The Kier molecular flexibility index (Phi) is 5.68. The van der Waals surface area contributed by atoms with Gasteiger partial charge in [0, 0.05) is 6.42 Å². The number of ether oxygens (including phenoxy) is 1. The summed E-state index contributed by atoms with van der Waals surface area (Å²) in [7, 11) is -3.83. The van der Waals surface area contributed by atoms with E-state index < -0.39 is 28.4 Å². The molecule has 9 heteroatoms. The minimum absolute atomic E-state index is 0.0808. The molecule has 0 spiro atoms. The van der Waals surface area contributed by atoms with Gasteiger partial charge in [-0.05, 0) is 18.6 Å². The lowest BCUT2D eigenvalue weighted by Gasteiger charge is -2.12. The molecular weight excluding hydrogens is 296 g/mol. The van der Waals surface area contributed by atoms with Crippen molar-refractivity contribution in [2.45, 2.75) is 19.5 Å². The lowest BCUT2D eigenvalue weighted by molar-refractivity contribution is -0.137. The zero-order chi connectivity index (χ0) is 15.2. The highest BCUT2D eigenvalue weighted by molar-refractivity contribution is 7.92. The molecule has 0 heterocycles. The number of aliphatic carboxylic acids is 1. The fraction of sp³-hybridized carbons (Fsp3) is 0.364. The predicted octanol–water partition coefficient (Wildman–Crippen LogP) is 1.89. The van der Waals surface area contributed by atoms with Gasteiger partial charge >= 0.3 is 12.6 Å². The highest BCUT2D eigenvalue weighted by Crippen LogP contribution is 2.26. The van der Waals surface area contributed by atoms with Crippen LogP contribution in [0.5, 0.6) is 5.75 Å². The van der Waals surface area contributed by atoms with Crippen LogP contribution in [0.2, 0.25) is 0 Å². The number of carboxylic acids is 1. The zero-order valence-corrected chi connectivity index (χ0v) is 11.1. The standard InChI is InChI=1S/C11H13F2NO5S/c12-11(13)19-9-5-2-1-4-8(9)14-20(17,18)7-3-6-10(15)16/h1-2,4-5,11,14H,3,6-7H2,(H,15,16). The third kappa shape index (κ3) is 5.83. The number of rotatable bonds is 8. The second-order valence-electron chi connectivity index (χ2n) is 3.79. The lowest BCUT2D eigenvalue weighted by atomic mass is 10.3. The van der Waals surface area contributed by atoms with Gasteiger partial charge in [0.1, 0.15) is 5.75 Å². The summed E-state index contributed by atoms with van der Waals surface area (Å²) in [6.45, 7) is -3.08. The van der Waals surface area contributed by atoms with E-state index in [1.807, 2.05) is 0 Å². The van der Waals surface area contributed by atoms with Crippen molar-refractivity contribution in [1.82, 2.24) is 0 Å². The number of alkyl halides is 2. The Bertz CT molecular complexity index is 562. The van der Waals surface area contributed by atoms with Crippen LogP contribution in [0.4, 0.5) is 14.5 Å². The summed E-state index contributed by atoms with van der Waals surface area (Å²) in [5, 5.41) is 8.42. The van der Waals surface area contributed by atoms with Gasteiger partial charge in [-0.25, -0.2) is 8.42 Å². The maximum atomic E-state index is 12.2. The number of carbonyl (C=O) groups is 1. The van der Waals surface area contributed by atoms with Crippen molar-refractivity contribution >= 4 is 21.7 Å². The Morgan fingerprint density at radius 3 is 2.60 bits per heavy atom. The van der Waals surface area contributed by atoms with Crippen molar-refractivity contribution in [2.75, 3.05) is 10.5 Å². The van der Waals surface area contributed by atoms with Gasteiger partial charge in [-0.3, -0.25) is 9.52 Å². The quantitative estimate of drug-likeness (QED) is 0.765. The molecule has 2 N–H and O–H groups in total. The second kappa shape index (κ2) is 7.04. The number of hydrogen-bond acceptors (Lipinski definition) is 4. The first-order valence-corrected chi connectivity index (χ1v) is 7.21. The minimum atomic E-state index is -3.83. The molecule has 0 aliphatic heterocycles. The van der Waals surface area contributed by atoms with E-state index >= 15 is 0 Å². The molecule has 1 rings (SSSR count). The first kappa shape index (κ1) is 16.2. The van der Waals surface area contributed by atoms with Crippen LogP contribution in [0.15, 0.2) is 24.3 Å². The van der Waals surface area contributed by atoms with Crippen molar-refractivity contribution in [3.05, 3.63) is 24.3 Å². The first-order valence-electron chi connectivity index (χ1n) is 5.56. The third-order valence-electron chi connectivity index (χ3n) is 2.17.